The molecule has 1 amide bonds. The quantitative estimate of drug-likeness (QED) is 0.699. The number of benzene rings is 2. The fourth-order valence-electron chi connectivity index (χ4n) is 3.53. The normalized spacial score (nSPS) is 18.6. The van der Waals surface area contributed by atoms with E-state index >= 15 is 0 Å². The lowest BCUT2D eigenvalue weighted by Crippen LogP contribution is -2.54. The van der Waals surface area contributed by atoms with Gasteiger partial charge in [-0.15, -0.1) is 0 Å². The lowest BCUT2D eigenvalue weighted by atomic mass is 9.98. The van der Waals surface area contributed by atoms with Crippen LogP contribution in [0.25, 0.3) is 0 Å². The summed E-state index contributed by atoms with van der Waals surface area (Å²) in [7, 11) is 3.41. The lowest BCUT2D eigenvalue weighted by Gasteiger charge is -2.40. The Morgan fingerprint density at radius 3 is 2.52 bits per heavy atom. The van der Waals surface area contributed by atoms with E-state index in [1.54, 1.807) is 24.1 Å². The molecule has 29 heavy (non-hydrogen) atoms. The first-order valence-electron chi connectivity index (χ1n) is 9.54. The SMILES string of the molecule is COc1ccc(OCc2c(Cl)cc(F)cc2[C@H](C)N2CC(=O)N(C)C(C)C2)cc1. The molecule has 1 aliphatic rings. The van der Waals surface area contributed by atoms with E-state index in [9.17, 15) is 9.18 Å². The summed E-state index contributed by atoms with van der Waals surface area (Å²) in [4.78, 5) is 16.1. The Balaban J connectivity index is 1.83. The number of likely N-dealkylation sites (N-methyl/N-ethyl adjacent to an activating group) is 1. The second-order valence-corrected chi connectivity index (χ2v) is 7.79. The van der Waals surface area contributed by atoms with E-state index in [1.165, 1.54) is 12.1 Å². The molecular weight excluding hydrogens is 395 g/mol. The summed E-state index contributed by atoms with van der Waals surface area (Å²) in [6.07, 6.45) is 0. The molecule has 0 aromatic heterocycles. The minimum absolute atomic E-state index is 0.0501. The van der Waals surface area contributed by atoms with E-state index < -0.39 is 5.82 Å². The van der Waals surface area contributed by atoms with E-state index in [0.717, 1.165) is 16.9 Å². The second-order valence-electron chi connectivity index (χ2n) is 7.38. The van der Waals surface area contributed by atoms with Crippen molar-refractivity contribution >= 4 is 17.5 Å². The van der Waals surface area contributed by atoms with Crippen LogP contribution in [0.1, 0.15) is 31.0 Å². The van der Waals surface area contributed by atoms with Crippen LogP contribution in [-0.2, 0) is 11.4 Å². The maximum atomic E-state index is 14.2. The standard InChI is InChI=1S/C22H26ClFN2O3/c1-14-11-26(12-22(27)25(14)3)15(2)19-9-16(24)10-21(23)20(19)13-29-18-7-5-17(28-4)6-8-18/h5-10,14-15H,11-13H2,1-4H3/t14?,15-/m0/s1. The minimum Gasteiger partial charge on any atom is -0.497 e. The molecule has 0 saturated carbocycles. The molecule has 0 bridgehead atoms. The van der Waals surface area contributed by atoms with Crippen molar-refractivity contribution in [2.75, 3.05) is 27.2 Å². The van der Waals surface area contributed by atoms with Gasteiger partial charge in [-0.1, -0.05) is 11.6 Å². The third-order valence-corrected chi connectivity index (χ3v) is 5.86. The maximum Gasteiger partial charge on any atom is 0.236 e. The number of amides is 1. The van der Waals surface area contributed by atoms with Gasteiger partial charge < -0.3 is 14.4 Å². The Morgan fingerprint density at radius 1 is 1.24 bits per heavy atom. The van der Waals surface area contributed by atoms with Gasteiger partial charge in [0.2, 0.25) is 5.91 Å². The molecular formula is C22H26ClFN2O3. The molecule has 1 unspecified atom stereocenters. The molecule has 1 heterocycles. The Hall–Kier alpha value is -2.31. The zero-order chi connectivity index (χ0) is 21.1. The monoisotopic (exact) mass is 420 g/mol. The number of carbonyl (C=O) groups is 1. The molecule has 5 nitrogen and oxygen atoms in total. The predicted molar refractivity (Wildman–Crippen MR) is 111 cm³/mol. The molecule has 0 spiro atoms. The molecule has 1 fully saturated rings. The van der Waals surface area contributed by atoms with Crippen LogP contribution >= 0.6 is 11.6 Å². The highest BCUT2D eigenvalue weighted by Gasteiger charge is 2.31. The van der Waals surface area contributed by atoms with Crippen LogP contribution in [-0.4, -0.2) is 49.0 Å². The Morgan fingerprint density at radius 2 is 1.90 bits per heavy atom. The number of methoxy groups -OCH3 is 1. The van der Waals surface area contributed by atoms with Crippen molar-refractivity contribution in [1.29, 1.82) is 0 Å². The van der Waals surface area contributed by atoms with Gasteiger partial charge in [-0.25, -0.2) is 4.39 Å². The number of rotatable bonds is 6. The number of hydrogen-bond donors (Lipinski definition) is 0. The second kappa shape index (κ2) is 9.01. The zero-order valence-corrected chi connectivity index (χ0v) is 17.9. The lowest BCUT2D eigenvalue weighted by molar-refractivity contribution is -0.138. The van der Waals surface area contributed by atoms with Crippen LogP contribution in [0.2, 0.25) is 5.02 Å². The summed E-state index contributed by atoms with van der Waals surface area (Å²) in [6.45, 7) is 5.16. The van der Waals surface area contributed by atoms with Gasteiger partial charge in [0, 0.05) is 31.2 Å². The van der Waals surface area contributed by atoms with Gasteiger partial charge in [0.15, 0.2) is 0 Å². The van der Waals surface area contributed by atoms with Crippen molar-refractivity contribution in [3.8, 4) is 11.5 Å². The van der Waals surface area contributed by atoms with Crippen LogP contribution in [0.15, 0.2) is 36.4 Å². The molecule has 0 aliphatic carbocycles. The summed E-state index contributed by atoms with van der Waals surface area (Å²) in [5, 5.41) is 0.314. The van der Waals surface area contributed by atoms with Gasteiger partial charge in [-0.05, 0) is 55.8 Å². The fraction of sp³-hybridized carbons (Fsp3) is 0.409. The van der Waals surface area contributed by atoms with Crippen molar-refractivity contribution in [3.05, 3.63) is 58.4 Å². The Kier molecular flexibility index (Phi) is 6.65. The van der Waals surface area contributed by atoms with Gasteiger partial charge in [-0.3, -0.25) is 9.69 Å². The maximum absolute atomic E-state index is 14.2. The van der Waals surface area contributed by atoms with E-state index in [4.69, 9.17) is 21.1 Å². The average molecular weight is 421 g/mol. The van der Waals surface area contributed by atoms with Crippen molar-refractivity contribution < 1.29 is 18.7 Å². The number of carbonyl (C=O) groups excluding carboxylic acids is 1. The first-order valence-corrected chi connectivity index (χ1v) is 9.92. The molecule has 2 aromatic carbocycles. The van der Waals surface area contributed by atoms with Gasteiger partial charge in [0.25, 0.3) is 0 Å². The summed E-state index contributed by atoms with van der Waals surface area (Å²) < 4.78 is 25.2. The highest BCUT2D eigenvalue weighted by Crippen LogP contribution is 2.32. The third kappa shape index (κ3) is 4.82. The van der Waals surface area contributed by atoms with Crippen LogP contribution in [0.5, 0.6) is 11.5 Å². The van der Waals surface area contributed by atoms with Crippen LogP contribution < -0.4 is 9.47 Å². The van der Waals surface area contributed by atoms with Gasteiger partial charge in [0.1, 0.15) is 23.9 Å². The van der Waals surface area contributed by atoms with E-state index in [1.807, 2.05) is 33.0 Å². The number of piperazine rings is 1. The van der Waals surface area contributed by atoms with Crippen molar-refractivity contribution in [2.24, 2.45) is 0 Å². The molecule has 0 radical (unpaired) electrons. The Bertz CT molecular complexity index is 875. The summed E-state index contributed by atoms with van der Waals surface area (Å²) in [5.41, 5.74) is 1.45. The average Bonchev–Trinajstić information content (AvgIpc) is 2.70. The number of nitrogens with zero attached hydrogens (tertiary/aromatic N) is 2. The molecule has 2 atom stereocenters. The van der Waals surface area contributed by atoms with Crippen LogP contribution in [0.4, 0.5) is 4.39 Å². The highest BCUT2D eigenvalue weighted by atomic mass is 35.5. The number of hydrogen-bond acceptors (Lipinski definition) is 4. The van der Waals surface area contributed by atoms with E-state index in [0.29, 0.717) is 17.3 Å². The molecule has 0 N–H and O–H groups in total. The molecule has 3 rings (SSSR count). The third-order valence-electron chi connectivity index (χ3n) is 5.53. The van der Waals surface area contributed by atoms with Gasteiger partial charge in [-0.2, -0.15) is 0 Å². The summed E-state index contributed by atoms with van der Waals surface area (Å²) in [6, 6.07) is 9.91. The molecule has 1 saturated heterocycles. The van der Waals surface area contributed by atoms with Crippen LogP contribution in [0, 0.1) is 5.82 Å². The van der Waals surface area contributed by atoms with Gasteiger partial charge in [0.05, 0.1) is 18.7 Å². The Labute approximate surface area is 176 Å². The summed E-state index contributed by atoms with van der Waals surface area (Å²) >= 11 is 6.38. The highest BCUT2D eigenvalue weighted by molar-refractivity contribution is 6.31. The van der Waals surface area contributed by atoms with Crippen molar-refractivity contribution in [1.82, 2.24) is 9.80 Å². The van der Waals surface area contributed by atoms with E-state index in [2.05, 4.69) is 4.90 Å². The molecule has 156 valence electrons. The number of halogens is 2. The van der Waals surface area contributed by atoms with Crippen LogP contribution in [0.3, 0.4) is 0 Å². The topological polar surface area (TPSA) is 42.0 Å². The smallest absolute Gasteiger partial charge is 0.236 e. The molecule has 2 aromatic rings. The number of ether oxygens (including phenoxy) is 2. The first kappa shape index (κ1) is 21.4. The fourth-order valence-corrected chi connectivity index (χ4v) is 3.79. The molecule has 7 heteroatoms. The minimum atomic E-state index is -0.404. The predicted octanol–water partition coefficient (Wildman–Crippen LogP) is 4.29. The first-order chi connectivity index (χ1) is 13.8. The summed E-state index contributed by atoms with van der Waals surface area (Å²) in [5.74, 6) is 1.04. The molecule has 1 aliphatic heterocycles. The largest absolute Gasteiger partial charge is 0.497 e. The van der Waals surface area contributed by atoms with Crippen molar-refractivity contribution in [3.63, 3.8) is 0 Å². The van der Waals surface area contributed by atoms with E-state index in [-0.39, 0.29) is 31.1 Å². The zero-order valence-electron chi connectivity index (χ0n) is 17.1. The van der Waals surface area contributed by atoms with Crippen molar-refractivity contribution in [2.45, 2.75) is 32.5 Å². The van der Waals surface area contributed by atoms with Gasteiger partial charge >= 0.3 is 0 Å².